The van der Waals surface area contributed by atoms with E-state index in [0.29, 0.717) is 23.7 Å². The smallest absolute Gasteiger partial charge is 0.262 e. The molecule has 1 fully saturated rings. The van der Waals surface area contributed by atoms with Crippen LogP contribution in [0.25, 0.3) is 0 Å². The second kappa shape index (κ2) is 8.22. The van der Waals surface area contributed by atoms with Gasteiger partial charge in [0, 0.05) is 43.9 Å². The molecule has 31 heavy (non-hydrogen) atoms. The maximum atomic E-state index is 11.6. The number of piperidine rings is 1. The molecule has 3 aliphatic rings. The second-order valence-corrected chi connectivity index (χ2v) is 8.88. The average molecular weight is 445 g/mol. The van der Waals surface area contributed by atoms with Crippen molar-refractivity contribution in [1.82, 2.24) is 4.90 Å². The van der Waals surface area contributed by atoms with Crippen LogP contribution in [0.3, 0.4) is 0 Å². The molecule has 0 bridgehead atoms. The summed E-state index contributed by atoms with van der Waals surface area (Å²) < 4.78 is 17.5. The number of fused-ring (bicyclic) bond motifs is 2. The minimum atomic E-state index is -0.648. The van der Waals surface area contributed by atoms with Gasteiger partial charge in [-0.25, -0.2) is 0 Å². The van der Waals surface area contributed by atoms with Crippen molar-refractivity contribution in [3.05, 3.63) is 47.0 Å². The number of nitrogens with one attached hydrogen (secondary N) is 1. The van der Waals surface area contributed by atoms with E-state index in [2.05, 4.69) is 10.2 Å². The number of amides is 1. The third kappa shape index (κ3) is 4.31. The summed E-state index contributed by atoms with van der Waals surface area (Å²) >= 11 is 6.12. The van der Waals surface area contributed by atoms with E-state index in [0.717, 1.165) is 43.1 Å². The van der Waals surface area contributed by atoms with Crippen LogP contribution in [0.15, 0.2) is 36.4 Å². The number of aliphatic hydroxyl groups is 1. The standard InChI is InChI=1S/C23H25ClN2O5/c24-16-4-5-18-15(10-16)11-23(31-18)6-8-26(9-7-23)12-17(27)13-29-19-2-1-3-20-22(19)25-21(28)14-30-20/h1-5,10,17,27H,6-9,11-14H2,(H,25,28)/t17-/m0/s1. The molecule has 1 amide bonds. The molecule has 1 saturated heterocycles. The van der Waals surface area contributed by atoms with Crippen LogP contribution in [-0.4, -0.2) is 60.5 Å². The van der Waals surface area contributed by atoms with Crippen LogP contribution in [0.1, 0.15) is 18.4 Å². The lowest BCUT2D eigenvalue weighted by molar-refractivity contribution is -0.118. The highest BCUT2D eigenvalue weighted by Gasteiger charge is 2.42. The Balaban J connectivity index is 1.12. The Morgan fingerprint density at radius 2 is 2.06 bits per heavy atom. The number of β-amino-alcohol motifs (C(OH)–C–C–N with tert-alkyl or cyclic N) is 1. The number of aliphatic hydroxyl groups excluding tert-OH is 1. The van der Waals surface area contributed by atoms with Crippen molar-refractivity contribution >= 4 is 23.2 Å². The van der Waals surface area contributed by atoms with Crippen LogP contribution in [0.5, 0.6) is 17.2 Å². The van der Waals surface area contributed by atoms with Gasteiger partial charge in [0.15, 0.2) is 6.61 Å². The van der Waals surface area contributed by atoms with Crippen LogP contribution in [0.2, 0.25) is 5.02 Å². The molecule has 0 aromatic heterocycles. The summed E-state index contributed by atoms with van der Waals surface area (Å²) in [7, 11) is 0. The van der Waals surface area contributed by atoms with E-state index in [-0.39, 0.29) is 24.7 Å². The highest BCUT2D eigenvalue weighted by molar-refractivity contribution is 6.30. The molecule has 2 aromatic carbocycles. The van der Waals surface area contributed by atoms with Gasteiger partial charge in [0.2, 0.25) is 0 Å². The van der Waals surface area contributed by atoms with Gasteiger partial charge in [0.1, 0.15) is 41.2 Å². The Morgan fingerprint density at radius 1 is 1.23 bits per heavy atom. The first kappa shape index (κ1) is 20.4. The molecule has 3 heterocycles. The van der Waals surface area contributed by atoms with Gasteiger partial charge in [-0.05, 0) is 35.9 Å². The monoisotopic (exact) mass is 444 g/mol. The van der Waals surface area contributed by atoms with E-state index in [4.69, 9.17) is 25.8 Å². The van der Waals surface area contributed by atoms with Gasteiger partial charge in [0.25, 0.3) is 5.91 Å². The summed E-state index contributed by atoms with van der Waals surface area (Å²) in [6.45, 7) is 2.35. The van der Waals surface area contributed by atoms with Gasteiger partial charge in [-0.15, -0.1) is 0 Å². The number of hydrogen-bond acceptors (Lipinski definition) is 6. The Labute approximate surface area is 185 Å². The molecule has 164 valence electrons. The Bertz CT molecular complexity index is 990. The molecule has 0 radical (unpaired) electrons. The minimum Gasteiger partial charge on any atom is -0.489 e. The predicted molar refractivity (Wildman–Crippen MR) is 116 cm³/mol. The number of carbonyl (C=O) groups excluding carboxylic acids is 1. The van der Waals surface area contributed by atoms with Crippen molar-refractivity contribution in [2.45, 2.75) is 31.0 Å². The van der Waals surface area contributed by atoms with E-state index in [1.54, 1.807) is 18.2 Å². The average Bonchev–Trinajstić information content (AvgIpc) is 3.11. The van der Waals surface area contributed by atoms with E-state index in [1.165, 1.54) is 5.56 Å². The normalized spacial score (nSPS) is 20.3. The van der Waals surface area contributed by atoms with Crippen molar-refractivity contribution in [3.63, 3.8) is 0 Å². The predicted octanol–water partition coefficient (Wildman–Crippen LogP) is 2.88. The molecule has 0 saturated carbocycles. The molecular formula is C23H25ClN2O5. The minimum absolute atomic E-state index is 0.00261. The second-order valence-electron chi connectivity index (χ2n) is 8.45. The number of ether oxygens (including phenoxy) is 3. The third-order valence-corrected chi connectivity index (χ3v) is 6.38. The van der Waals surface area contributed by atoms with Crippen molar-refractivity contribution in [3.8, 4) is 17.2 Å². The van der Waals surface area contributed by atoms with E-state index < -0.39 is 6.10 Å². The first-order valence-corrected chi connectivity index (χ1v) is 10.9. The zero-order valence-electron chi connectivity index (χ0n) is 17.1. The first-order valence-electron chi connectivity index (χ1n) is 10.6. The number of hydrogen-bond donors (Lipinski definition) is 2. The topological polar surface area (TPSA) is 80.3 Å². The van der Waals surface area contributed by atoms with Gasteiger partial charge >= 0.3 is 0 Å². The SMILES string of the molecule is O=C1COc2cccc(OC[C@@H](O)CN3CCC4(CC3)Cc3cc(Cl)ccc3O4)c2N1. The molecule has 8 heteroatoms. The highest BCUT2D eigenvalue weighted by Crippen LogP contribution is 2.42. The fourth-order valence-electron chi connectivity index (χ4n) is 4.55. The van der Waals surface area contributed by atoms with Crippen LogP contribution < -0.4 is 19.5 Å². The molecule has 1 atom stereocenters. The summed E-state index contributed by atoms with van der Waals surface area (Å²) in [6.07, 6.45) is 2.05. The van der Waals surface area contributed by atoms with Crippen LogP contribution in [0, 0.1) is 0 Å². The van der Waals surface area contributed by atoms with Crippen LogP contribution in [-0.2, 0) is 11.2 Å². The zero-order chi connectivity index (χ0) is 21.4. The summed E-state index contributed by atoms with van der Waals surface area (Å²) in [5.41, 5.74) is 1.53. The number of benzene rings is 2. The van der Waals surface area contributed by atoms with Gasteiger partial charge in [0.05, 0.1) is 0 Å². The quantitative estimate of drug-likeness (QED) is 0.738. The zero-order valence-corrected chi connectivity index (χ0v) is 17.9. The lowest BCUT2D eigenvalue weighted by Crippen LogP contribution is -2.49. The largest absolute Gasteiger partial charge is 0.489 e. The maximum Gasteiger partial charge on any atom is 0.262 e. The van der Waals surface area contributed by atoms with Crippen molar-refractivity contribution in [2.24, 2.45) is 0 Å². The summed E-state index contributed by atoms with van der Waals surface area (Å²) in [6, 6.07) is 11.2. The first-order chi connectivity index (χ1) is 15.0. The molecule has 3 aliphatic heterocycles. The Kier molecular flexibility index (Phi) is 5.42. The van der Waals surface area contributed by atoms with E-state index >= 15 is 0 Å². The molecular weight excluding hydrogens is 420 g/mol. The number of para-hydroxylation sites is 1. The maximum absolute atomic E-state index is 11.6. The molecule has 2 aromatic rings. The number of likely N-dealkylation sites (tertiary alicyclic amines) is 1. The van der Waals surface area contributed by atoms with E-state index in [9.17, 15) is 9.90 Å². The summed E-state index contributed by atoms with van der Waals surface area (Å²) in [5, 5.41) is 14.0. The fourth-order valence-corrected chi connectivity index (χ4v) is 4.75. The van der Waals surface area contributed by atoms with Crippen LogP contribution in [0.4, 0.5) is 5.69 Å². The number of carbonyl (C=O) groups is 1. The Morgan fingerprint density at radius 3 is 2.90 bits per heavy atom. The number of halogens is 1. The number of anilines is 1. The Hall–Kier alpha value is -2.48. The number of rotatable bonds is 5. The lowest BCUT2D eigenvalue weighted by Gasteiger charge is -2.39. The van der Waals surface area contributed by atoms with Gasteiger partial charge in [-0.3, -0.25) is 4.79 Å². The highest BCUT2D eigenvalue weighted by atomic mass is 35.5. The molecule has 7 nitrogen and oxygen atoms in total. The molecule has 2 N–H and O–H groups in total. The molecule has 1 spiro atoms. The van der Waals surface area contributed by atoms with Crippen LogP contribution >= 0.6 is 11.6 Å². The van der Waals surface area contributed by atoms with Crippen molar-refractivity contribution in [1.29, 1.82) is 0 Å². The summed E-state index contributed by atoms with van der Waals surface area (Å²) in [4.78, 5) is 13.8. The van der Waals surface area contributed by atoms with Gasteiger partial charge in [-0.2, -0.15) is 0 Å². The van der Waals surface area contributed by atoms with Crippen molar-refractivity contribution < 1.29 is 24.1 Å². The molecule has 0 unspecified atom stereocenters. The molecule has 0 aliphatic carbocycles. The lowest BCUT2D eigenvalue weighted by atomic mass is 9.87. The third-order valence-electron chi connectivity index (χ3n) is 6.14. The molecule has 5 rings (SSSR count). The summed E-state index contributed by atoms with van der Waals surface area (Å²) in [5.74, 6) is 1.79. The van der Waals surface area contributed by atoms with E-state index in [1.807, 2.05) is 18.2 Å². The van der Waals surface area contributed by atoms with Gasteiger partial charge < -0.3 is 29.5 Å². The fraction of sp³-hybridized carbons (Fsp3) is 0.435. The van der Waals surface area contributed by atoms with Crippen molar-refractivity contribution in [2.75, 3.05) is 38.2 Å². The van der Waals surface area contributed by atoms with Gasteiger partial charge in [-0.1, -0.05) is 17.7 Å². The number of nitrogens with zero attached hydrogens (tertiary/aromatic N) is 1.